The average Bonchev–Trinajstić information content (AvgIpc) is 2.98. The molecule has 6 heteroatoms. The molecule has 0 atom stereocenters. The summed E-state index contributed by atoms with van der Waals surface area (Å²) < 4.78 is 13.5. The Morgan fingerprint density at radius 1 is 1.18 bits per heavy atom. The molecule has 3 rings (SSSR count). The van der Waals surface area contributed by atoms with E-state index in [2.05, 4.69) is 11.5 Å². The number of nitrogens with zero attached hydrogens (tertiary/aromatic N) is 1. The molecule has 1 aromatic carbocycles. The standard InChI is InChI=1S/C22H30N2O4/c1-3-4-5-7-17-21(16-8-9-18-19(14-16)28-13-12-27-18)20(22(23)26)15(2)24(17)10-6-11-25/h8-9,14,25H,3-7,10-13H2,1-2H3,(H2,23,26). The van der Waals surface area contributed by atoms with E-state index in [1.807, 2.05) is 25.1 Å². The molecule has 1 aliphatic heterocycles. The summed E-state index contributed by atoms with van der Waals surface area (Å²) in [6.45, 7) is 5.93. The number of amides is 1. The van der Waals surface area contributed by atoms with Crippen molar-refractivity contribution in [1.82, 2.24) is 4.57 Å². The average molecular weight is 386 g/mol. The number of aliphatic hydroxyl groups is 1. The van der Waals surface area contributed by atoms with Crippen molar-refractivity contribution in [3.05, 3.63) is 35.2 Å². The van der Waals surface area contributed by atoms with E-state index < -0.39 is 5.91 Å². The third-order valence-electron chi connectivity index (χ3n) is 5.27. The lowest BCUT2D eigenvalue weighted by Crippen LogP contribution is -2.15. The molecule has 0 spiro atoms. The lowest BCUT2D eigenvalue weighted by molar-refractivity contribution is 0.1000. The van der Waals surface area contributed by atoms with Crippen LogP contribution in [0.15, 0.2) is 18.2 Å². The maximum atomic E-state index is 12.4. The van der Waals surface area contributed by atoms with Crippen molar-refractivity contribution in [2.45, 2.75) is 52.5 Å². The van der Waals surface area contributed by atoms with E-state index >= 15 is 0 Å². The number of hydrogen-bond donors (Lipinski definition) is 2. The number of hydrogen-bond acceptors (Lipinski definition) is 4. The van der Waals surface area contributed by atoms with Gasteiger partial charge in [0.05, 0.1) is 5.56 Å². The molecule has 1 aliphatic rings. The third-order valence-corrected chi connectivity index (χ3v) is 5.27. The molecule has 0 radical (unpaired) electrons. The first kappa shape index (κ1) is 20.3. The minimum atomic E-state index is -0.429. The number of aromatic nitrogens is 1. The smallest absolute Gasteiger partial charge is 0.251 e. The Hall–Kier alpha value is -2.47. The van der Waals surface area contributed by atoms with Gasteiger partial charge in [0.15, 0.2) is 11.5 Å². The highest BCUT2D eigenvalue weighted by Gasteiger charge is 2.25. The predicted octanol–water partition coefficient (Wildman–Crippen LogP) is 3.45. The van der Waals surface area contributed by atoms with Crippen LogP contribution in [0, 0.1) is 6.92 Å². The summed E-state index contributed by atoms with van der Waals surface area (Å²) in [5, 5.41) is 9.32. The molecule has 0 bridgehead atoms. The summed E-state index contributed by atoms with van der Waals surface area (Å²) in [5.41, 5.74) is 10.1. The quantitative estimate of drug-likeness (QED) is 0.646. The minimum Gasteiger partial charge on any atom is -0.486 e. The number of aliphatic hydroxyl groups excluding tert-OH is 1. The number of nitrogens with two attached hydrogens (primary N) is 1. The van der Waals surface area contributed by atoms with Gasteiger partial charge in [-0.2, -0.15) is 0 Å². The SMILES string of the molecule is CCCCCc1c(-c2ccc3c(c2)OCCO3)c(C(N)=O)c(C)n1CCCO. The zero-order valence-electron chi connectivity index (χ0n) is 16.8. The molecule has 6 nitrogen and oxygen atoms in total. The highest BCUT2D eigenvalue weighted by molar-refractivity contribution is 6.02. The summed E-state index contributed by atoms with van der Waals surface area (Å²) in [7, 11) is 0. The highest BCUT2D eigenvalue weighted by Crippen LogP contribution is 2.39. The normalized spacial score (nSPS) is 13.0. The first-order chi connectivity index (χ1) is 13.6. The van der Waals surface area contributed by atoms with Gasteiger partial charge in [-0.05, 0) is 43.9 Å². The van der Waals surface area contributed by atoms with Crippen LogP contribution in [0.25, 0.3) is 11.1 Å². The molecule has 2 heterocycles. The van der Waals surface area contributed by atoms with Gasteiger partial charge < -0.3 is 24.9 Å². The van der Waals surface area contributed by atoms with Gasteiger partial charge in [0.25, 0.3) is 5.91 Å². The second-order valence-corrected chi connectivity index (χ2v) is 7.19. The topological polar surface area (TPSA) is 86.7 Å². The van der Waals surface area contributed by atoms with E-state index in [4.69, 9.17) is 15.2 Å². The van der Waals surface area contributed by atoms with E-state index in [0.29, 0.717) is 37.5 Å². The molecule has 0 saturated heterocycles. The summed E-state index contributed by atoms with van der Waals surface area (Å²) in [6.07, 6.45) is 4.77. The lowest BCUT2D eigenvalue weighted by atomic mass is 9.97. The van der Waals surface area contributed by atoms with Gasteiger partial charge in [-0.1, -0.05) is 25.8 Å². The third kappa shape index (κ3) is 4.02. The van der Waals surface area contributed by atoms with Gasteiger partial charge >= 0.3 is 0 Å². The first-order valence-corrected chi connectivity index (χ1v) is 10.1. The molecule has 3 N–H and O–H groups in total. The van der Waals surface area contributed by atoms with E-state index in [1.165, 1.54) is 0 Å². The zero-order valence-corrected chi connectivity index (χ0v) is 16.8. The fourth-order valence-corrected chi connectivity index (χ4v) is 3.94. The predicted molar refractivity (Wildman–Crippen MR) is 109 cm³/mol. The van der Waals surface area contributed by atoms with Crippen LogP contribution in [0.3, 0.4) is 0 Å². The second-order valence-electron chi connectivity index (χ2n) is 7.19. The van der Waals surface area contributed by atoms with Crippen LogP contribution in [0.5, 0.6) is 11.5 Å². The van der Waals surface area contributed by atoms with Crippen LogP contribution in [0.2, 0.25) is 0 Å². The Labute approximate surface area is 166 Å². The number of benzene rings is 1. The number of unbranched alkanes of at least 4 members (excludes halogenated alkanes) is 2. The Bertz CT molecular complexity index is 842. The number of rotatable bonds is 9. The summed E-state index contributed by atoms with van der Waals surface area (Å²) in [5.74, 6) is 0.987. The van der Waals surface area contributed by atoms with E-state index in [0.717, 1.165) is 53.9 Å². The van der Waals surface area contributed by atoms with Crippen LogP contribution in [-0.2, 0) is 13.0 Å². The maximum absolute atomic E-state index is 12.4. The number of carbonyl (C=O) groups excluding carboxylic acids is 1. The van der Waals surface area contributed by atoms with Crippen LogP contribution in [0.1, 0.15) is 54.4 Å². The van der Waals surface area contributed by atoms with Crippen molar-refractivity contribution >= 4 is 5.91 Å². The molecule has 0 saturated carbocycles. The summed E-state index contributed by atoms with van der Waals surface area (Å²) in [4.78, 5) is 12.4. The Morgan fingerprint density at radius 2 is 1.93 bits per heavy atom. The first-order valence-electron chi connectivity index (χ1n) is 10.1. The maximum Gasteiger partial charge on any atom is 0.251 e. The van der Waals surface area contributed by atoms with Crippen molar-refractivity contribution in [2.24, 2.45) is 5.73 Å². The van der Waals surface area contributed by atoms with Gasteiger partial charge in [-0.25, -0.2) is 0 Å². The summed E-state index contributed by atoms with van der Waals surface area (Å²) >= 11 is 0. The Morgan fingerprint density at radius 3 is 2.61 bits per heavy atom. The number of primary amides is 1. The molecule has 1 amide bonds. The van der Waals surface area contributed by atoms with Crippen LogP contribution in [-0.4, -0.2) is 35.4 Å². The van der Waals surface area contributed by atoms with Crippen LogP contribution in [0.4, 0.5) is 0 Å². The Kier molecular flexibility index (Phi) is 6.62. The molecule has 152 valence electrons. The minimum absolute atomic E-state index is 0.108. The molecule has 0 unspecified atom stereocenters. The lowest BCUT2D eigenvalue weighted by Gasteiger charge is -2.19. The van der Waals surface area contributed by atoms with Crippen molar-refractivity contribution < 1.29 is 19.4 Å². The number of fused-ring (bicyclic) bond motifs is 1. The van der Waals surface area contributed by atoms with Crippen LogP contribution < -0.4 is 15.2 Å². The number of carbonyl (C=O) groups is 1. The van der Waals surface area contributed by atoms with Crippen molar-refractivity contribution in [3.63, 3.8) is 0 Å². The molecule has 0 fully saturated rings. The van der Waals surface area contributed by atoms with Gasteiger partial charge in [-0.15, -0.1) is 0 Å². The molecular weight excluding hydrogens is 356 g/mol. The molecule has 0 aliphatic carbocycles. The number of ether oxygens (including phenoxy) is 2. The highest BCUT2D eigenvalue weighted by atomic mass is 16.6. The van der Waals surface area contributed by atoms with Crippen molar-refractivity contribution in [1.29, 1.82) is 0 Å². The van der Waals surface area contributed by atoms with Crippen LogP contribution >= 0.6 is 0 Å². The molecule has 2 aromatic rings. The van der Waals surface area contributed by atoms with Crippen molar-refractivity contribution in [2.75, 3.05) is 19.8 Å². The molecular formula is C22H30N2O4. The van der Waals surface area contributed by atoms with E-state index in [1.54, 1.807) is 0 Å². The largest absolute Gasteiger partial charge is 0.486 e. The Balaban J connectivity index is 2.14. The van der Waals surface area contributed by atoms with E-state index in [-0.39, 0.29) is 6.61 Å². The monoisotopic (exact) mass is 386 g/mol. The van der Waals surface area contributed by atoms with Crippen molar-refractivity contribution in [3.8, 4) is 22.6 Å². The molecule has 28 heavy (non-hydrogen) atoms. The summed E-state index contributed by atoms with van der Waals surface area (Å²) in [6, 6.07) is 5.80. The van der Waals surface area contributed by atoms with Gasteiger partial charge in [0, 0.05) is 30.1 Å². The van der Waals surface area contributed by atoms with E-state index in [9.17, 15) is 9.90 Å². The zero-order chi connectivity index (χ0) is 20.1. The van der Waals surface area contributed by atoms with Gasteiger partial charge in [-0.3, -0.25) is 4.79 Å². The second kappa shape index (κ2) is 9.15. The van der Waals surface area contributed by atoms with Gasteiger partial charge in [0.2, 0.25) is 0 Å². The fourth-order valence-electron chi connectivity index (χ4n) is 3.94. The molecule has 1 aromatic heterocycles. The van der Waals surface area contributed by atoms with Gasteiger partial charge in [0.1, 0.15) is 13.2 Å². The fraction of sp³-hybridized carbons (Fsp3) is 0.500.